The molecule has 4 nitrogen and oxygen atoms in total. The molecule has 1 aromatic carbocycles. The van der Waals surface area contributed by atoms with E-state index in [1.165, 1.54) is 47.7 Å². The van der Waals surface area contributed by atoms with Crippen LogP contribution in [0.3, 0.4) is 0 Å². The van der Waals surface area contributed by atoms with Gasteiger partial charge < -0.3 is 5.11 Å². The first-order valence-corrected chi connectivity index (χ1v) is 10.5. The summed E-state index contributed by atoms with van der Waals surface area (Å²) in [6, 6.07) is 7.95. The fourth-order valence-corrected chi connectivity index (χ4v) is 5.49. The summed E-state index contributed by atoms with van der Waals surface area (Å²) < 4.78 is 0. The molecular weight excluding hydrogens is 344 g/mol. The summed E-state index contributed by atoms with van der Waals surface area (Å²) in [5.74, 6) is -0.0155. The number of piperidine rings is 1. The number of hydrogen-bond donors (Lipinski definition) is 1. The van der Waals surface area contributed by atoms with Gasteiger partial charge in [0.25, 0.3) is 0 Å². The number of nitrogens with zero attached hydrogens (tertiary/aromatic N) is 2. The Morgan fingerprint density at radius 2 is 1.96 bits per heavy atom. The molecule has 0 atom stereocenters. The second-order valence-electron chi connectivity index (χ2n) is 7.59. The Hall–Kier alpha value is -1.72. The minimum Gasteiger partial charge on any atom is -0.481 e. The van der Waals surface area contributed by atoms with Crippen molar-refractivity contribution in [3.05, 3.63) is 51.0 Å². The van der Waals surface area contributed by atoms with Crippen molar-refractivity contribution in [2.75, 3.05) is 13.1 Å². The molecule has 1 aliphatic carbocycles. The third kappa shape index (κ3) is 4.15. The monoisotopic (exact) mass is 370 g/mol. The number of likely N-dealkylation sites (tertiary alicyclic amines) is 1. The minimum absolute atomic E-state index is 0.112. The van der Waals surface area contributed by atoms with Gasteiger partial charge in [-0.2, -0.15) is 0 Å². The van der Waals surface area contributed by atoms with Crippen LogP contribution < -0.4 is 0 Å². The van der Waals surface area contributed by atoms with Crippen molar-refractivity contribution in [3.8, 4) is 0 Å². The normalized spacial score (nSPS) is 18.2. The zero-order valence-corrected chi connectivity index (χ0v) is 15.9. The highest BCUT2D eigenvalue weighted by Crippen LogP contribution is 2.31. The largest absolute Gasteiger partial charge is 0.481 e. The molecule has 1 saturated heterocycles. The van der Waals surface area contributed by atoms with Crippen molar-refractivity contribution in [2.45, 2.75) is 51.5 Å². The van der Waals surface area contributed by atoms with E-state index in [4.69, 9.17) is 10.1 Å². The molecule has 0 spiro atoms. The summed E-state index contributed by atoms with van der Waals surface area (Å²) >= 11 is 1.95. The van der Waals surface area contributed by atoms with Crippen LogP contribution in [0.1, 0.15) is 46.0 Å². The fourth-order valence-electron chi connectivity index (χ4n) is 4.21. The maximum atomic E-state index is 11.1. The summed E-state index contributed by atoms with van der Waals surface area (Å²) in [5.41, 5.74) is 3.47. The van der Waals surface area contributed by atoms with Crippen LogP contribution in [-0.2, 0) is 37.0 Å². The van der Waals surface area contributed by atoms with Crippen LogP contribution in [0.5, 0.6) is 0 Å². The highest BCUT2D eigenvalue weighted by Gasteiger charge is 2.23. The lowest BCUT2D eigenvalue weighted by atomic mass is 9.93. The zero-order valence-electron chi connectivity index (χ0n) is 15.1. The standard InChI is InChI=1S/C21H26N2O2S/c24-21(25)13-16-4-1-2-5-17(16)14-23-10-8-15(9-11-23)12-20-22-18-6-3-7-19(18)26-20/h1-2,4-5,15H,3,6-14H2,(H,24,25). The molecule has 0 unspecified atom stereocenters. The first kappa shape index (κ1) is 17.7. The number of fused-ring (bicyclic) bond motifs is 1. The number of thiazole rings is 1. The Bertz CT molecular complexity index is 757. The number of hydrogen-bond acceptors (Lipinski definition) is 4. The molecule has 0 radical (unpaired) electrons. The number of benzene rings is 1. The van der Waals surface area contributed by atoms with Crippen molar-refractivity contribution in [2.24, 2.45) is 5.92 Å². The quantitative estimate of drug-likeness (QED) is 0.842. The van der Waals surface area contributed by atoms with E-state index in [0.29, 0.717) is 0 Å². The average Bonchev–Trinajstić information content (AvgIpc) is 3.19. The van der Waals surface area contributed by atoms with Gasteiger partial charge in [0.1, 0.15) is 0 Å². The molecule has 1 N–H and O–H groups in total. The van der Waals surface area contributed by atoms with Crippen molar-refractivity contribution in [1.82, 2.24) is 9.88 Å². The SMILES string of the molecule is O=C(O)Cc1ccccc1CN1CCC(Cc2nc3c(s2)CCC3)CC1. The van der Waals surface area contributed by atoms with E-state index in [9.17, 15) is 4.79 Å². The van der Waals surface area contributed by atoms with Gasteiger partial charge in [-0.3, -0.25) is 9.69 Å². The second-order valence-corrected chi connectivity index (χ2v) is 8.76. The predicted molar refractivity (Wildman–Crippen MR) is 104 cm³/mol. The van der Waals surface area contributed by atoms with Gasteiger partial charge in [-0.15, -0.1) is 11.3 Å². The van der Waals surface area contributed by atoms with Gasteiger partial charge >= 0.3 is 5.97 Å². The van der Waals surface area contributed by atoms with Crippen molar-refractivity contribution >= 4 is 17.3 Å². The average molecular weight is 371 g/mol. The molecule has 2 aliphatic rings. The van der Waals surface area contributed by atoms with E-state index in [1.54, 1.807) is 0 Å². The van der Waals surface area contributed by atoms with Gasteiger partial charge in [0.05, 0.1) is 17.1 Å². The Morgan fingerprint density at radius 1 is 1.19 bits per heavy atom. The number of rotatable bonds is 6. The number of carboxylic acids is 1. The van der Waals surface area contributed by atoms with Gasteiger partial charge in [0.2, 0.25) is 0 Å². The number of aryl methyl sites for hydroxylation is 2. The van der Waals surface area contributed by atoms with Gasteiger partial charge in [-0.25, -0.2) is 4.98 Å². The molecule has 1 fully saturated rings. The van der Waals surface area contributed by atoms with E-state index in [0.717, 1.165) is 43.1 Å². The van der Waals surface area contributed by atoms with E-state index in [2.05, 4.69) is 11.0 Å². The van der Waals surface area contributed by atoms with Crippen molar-refractivity contribution < 1.29 is 9.90 Å². The summed E-state index contributed by atoms with van der Waals surface area (Å²) in [6.07, 6.45) is 7.39. The lowest BCUT2D eigenvalue weighted by Crippen LogP contribution is -2.34. The molecule has 138 valence electrons. The molecule has 2 heterocycles. The summed E-state index contributed by atoms with van der Waals surface area (Å²) in [4.78, 5) is 19.9. The number of carbonyl (C=O) groups is 1. The van der Waals surface area contributed by atoms with E-state index < -0.39 is 5.97 Å². The predicted octanol–water partition coefficient (Wildman–Crippen LogP) is 3.71. The molecule has 26 heavy (non-hydrogen) atoms. The molecule has 0 amide bonds. The van der Waals surface area contributed by atoms with E-state index >= 15 is 0 Å². The first-order valence-electron chi connectivity index (χ1n) is 9.66. The number of aromatic nitrogens is 1. The van der Waals surface area contributed by atoms with E-state index in [-0.39, 0.29) is 6.42 Å². The van der Waals surface area contributed by atoms with Gasteiger partial charge in [0, 0.05) is 17.8 Å². The molecule has 1 aromatic heterocycles. The van der Waals surface area contributed by atoms with Crippen LogP contribution in [0, 0.1) is 5.92 Å². The smallest absolute Gasteiger partial charge is 0.307 e. The topological polar surface area (TPSA) is 53.4 Å². The van der Waals surface area contributed by atoms with Crippen LogP contribution in [0.4, 0.5) is 0 Å². The maximum absolute atomic E-state index is 11.1. The van der Waals surface area contributed by atoms with Gasteiger partial charge in [0.15, 0.2) is 0 Å². The maximum Gasteiger partial charge on any atom is 0.307 e. The van der Waals surface area contributed by atoms with Gasteiger partial charge in [-0.05, 0) is 62.2 Å². The Labute approximate surface area is 158 Å². The van der Waals surface area contributed by atoms with E-state index in [1.807, 2.05) is 29.5 Å². The van der Waals surface area contributed by atoms with Crippen LogP contribution >= 0.6 is 11.3 Å². The van der Waals surface area contributed by atoms with Crippen LogP contribution in [0.15, 0.2) is 24.3 Å². The third-order valence-corrected chi connectivity index (χ3v) is 6.84. The van der Waals surface area contributed by atoms with Gasteiger partial charge in [-0.1, -0.05) is 24.3 Å². The molecule has 4 rings (SSSR count). The Morgan fingerprint density at radius 3 is 2.69 bits per heavy atom. The highest BCUT2D eigenvalue weighted by atomic mass is 32.1. The zero-order chi connectivity index (χ0) is 17.9. The molecule has 2 aromatic rings. The lowest BCUT2D eigenvalue weighted by molar-refractivity contribution is -0.136. The molecule has 0 saturated carbocycles. The fraction of sp³-hybridized carbons (Fsp3) is 0.524. The Kier molecular flexibility index (Phi) is 5.36. The number of carboxylic acid groups (broad SMARTS) is 1. The third-order valence-electron chi connectivity index (χ3n) is 5.66. The van der Waals surface area contributed by atoms with Crippen molar-refractivity contribution in [3.63, 3.8) is 0 Å². The number of aliphatic carboxylic acids is 1. The molecule has 0 bridgehead atoms. The minimum atomic E-state index is -0.758. The molecule has 5 heteroatoms. The Balaban J connectivity index is 1.30. The van der Waals surface area contributed by atoms with Crippen LogP contribution in [0.25, 0.3) is 0 Å². The second kappa shape index (κ2) is 7.89. The lowest BCUT2D eigenvalue weighted by Gasteiger charge is -2.32. The summed E-state index contributed by atoms with van der Waals surface area (Å²) in [5, 5.41) is 10.4. The summed E-state index contributed by atoms with van der Waals surface area (Å²) in [6.45, 7) is 3.05. The van der Waals surface area contributed by atoms with Crippen LogP contribution in [-0.4, -0.2) is 34.0 Å². The molecule has 1 aliphatic heterocycles. The molecular formula is C21H26N2O2S. The highest BCUT2D eigenvalue weighted by molar-refractivity contribution is 7.11. The van der Waals surface area contributed by atoms with Crippen LogP contribution in [0.2, 0.25) is 0 Å². The van der Waals surface area contributed by atoms with Crippen molar-refractivity contribution in [1.29, 1.82) is 0 Å². The summed E-state index contributed by atoms with van der Waals surface area (Å²) in [7, 11) is 0. The first-order chi connectivity index (χ1) is 12.7.